The van der Waals surface area contributed by atoms with Gasteiger partial charge < -0.3 is 5.32 Å². The maximum Gasteiger partial charge on any atom is 0.251 e. The molecule has 1 amide bonds. The first-order valence-electron chi connectivity index (χ1n) is 5.49. The molecule has 2 heterocycles. The van der Waals surface area contributed by atoms with Crippen LogP contribution in [0.5, 0.6) is 0 Å². The molecule has 0 saturated heterocycles. The number of rotatable bonds is 4. The van der Waals surface area contributed by atoms with Gasteiger partial charge in [-0.1, -0.05) is 6.07 Å². The second-order valence-electron chi connectivity index (χ2n) is 3.89. The fourth-order valence-corrected chi connectivity index (χ4v) is 2.43. The monoisotopic (exact) mass is 246 g/mol. The number of pyridine rings is 1. The minimum atomic E-state index is -0.0449. The van der Waals surface area contributed by atoms with Crippen molar-refractivity contribution in [1.82, 2.24) is 10.3 Å². The van der Waals surface area contributed by atoms with Crippen molar-refractivity contribution in [3.63, 3.8) is 0 Å². The number of nitrogens with zero attached hydrogens (tertiary/aromatic N) is 1. The van der Waals surface area contributed by atoms with Crippen molar-refractivity contribution in [2.45, 2.75) is 19.4 Å². The lowest BCUT2D eigenvalue weighted by Gasteiger charge is -2.12. The molecule has 0 spiro atoms. The molecule has 1 unspecified atom stereocenters. The number of amides is 1. The van der Waals surface area contributed by atoms with E-state index in [-0.39, 0.29) is 11.9 Å². The van der Waals surface area contributed by atoms with Gasteiger partial charge in [-0.3, -0.25) is 9.78 Å². The van der Waals surface area contributed by atoms with Crippen molar-refractivity contribution in [2.24, 2.45) is 0 Å². The van der Waals surface area contributed by atoms with E-state index in [1.165, 1.54) is 4.88 Å². The van der Waals surface area contributed by atoms with Crippen molar-refractivity contribution < 1.29 is 4.79 Å². The van der Waals surface area contributed by atoms with Crippen LogP contribution in [0.25, 0.3) is 0 Å². The number of carbonyl (C=O) groups excluding carboxylic acids is 1. The Hall–Kier alpha value is -1.68. The van der Waals surface area contributed by atoms with Gasteiger partial charge in [-0.2, -0.15) is 0 Å². The summed E-state index contributed by atoms with van der Waals surface area (Å²) in [6, 6.07) is 7.67. The molecule has 3 nitrogen and oxygen atoms in total. The first-order valence-corrected chi connectivity index (χ1v) is 6.37. The number of thiophene rings is 1. The van der Waals surface area contributed by atoms with E-state index in [0.29, 0.717) is 5.56 Å². The van der Waals surface area contributed by atoms with Gasteiger partial charge in [-0.15, -0.1) is 11.3 Å². The summed E-state index contributed by atoms with van der Waals surface area (Å²) in [7, 11) is 0. The Morgan fingerprint density at radius 1 is 1.41 bits per heavy atom. The summed E-state index contributed by atoms with van der Waals surface area (Å²) in [5.41, 5.74) is 0.651. The Bertz CT molecular complexity index is 467. The van der Waals surface area contributed by atoms with E-state index in [9.17, 15) is 4.79 Å². The molecule has 1 N–H and O–H groups in total. The van der Waals surface area contributed by atoms with Crippen LogP contribution in [0.2, 0.25) is 0 Å². The molecule has 17 heavy (non-hydrogen) atoms. The van der Waals surface area contributed by atoms with Gasteiger partial charge >= 0.3 is 0 Å². The van der Waals surface area contributed by atoms with E-state index in [1.807, 2.05) is 18.4 Å². The molecule has 0 aliphatic carbocycles. The van der Waals surface area contributed by atoms with E-state index in [4.69, 9.17) is 0 Å². The molecule has 1 atom stereocenters. The average molecular weight is 246 g/mol. The third kappa shape index (κ3) is 3.39. The standard InChI is InChI=1S/C13H14N2OS/c1-10(9-12-3-2-8-17-12)15-13(16)11-4-6-14-7-5-11/h2-8,10H,9H2,1H3,(H,15,16). The Kier molecular flexibility index (Phi) is 3.88. The number of hydrogen-bond acceptors (Lipinski definition) is 3. The van der Waals surface area contributed by atoms with Gasteiger partial charge in [0.2, 0.25) is 0 Å². The van der Waals surface area contributed by atoms with Crippen LogP contribution in [0.1, 0.15) is 22.2 Å². The molecule has 0 radical (unpaired) electrons. The second kappa shape index (κ2) is 5.59. The van der Waals surface area contributed by atoms with Crippen molar-refractivity contribution in [3.8, 4) is 0 Å². The van der Waals surface area contributed by atoms with Crippen LogP contribution >= 0.6 is 11.3 Å². The topological polar surface area (TPSA) is 42.0 Å². The van der Waals surface area contributed by atoms with Crippen LogP contribution < -0.4 is 5.32 Å². The lowest BCUT2D eigenvalue weighted by Crippen LogP contribution is -2.33. The summed E-state index contributed by atoms with van der Waals surface area (Å²) in [6.07, 6.45) is 4.12. The third-order valence-electron chi connectivity index (χ3n) is 2.41. The molecule has 88 valence electrons. The van der Waals surface area contributed by atoms with Crippen LogP contribution in [0.3, 0.4) is 0 Å². The molecular weight excluding hydrogens is 232 g/mol. The van der Waals surface area contributed by atoms with Crippen LogP contribution in [-0.4, -0.2) is 16.9 Å². The zero-order valence-corrected chi connectivity index (χ0v) is 10.4. The SMILES string of the molecule is CC(Cc1cccs1)NC(=O)c1ccncc1. The largest absolute Gasteiger partial charge is 0.349 e. The van der Waals surface area contributed by atoms with Gasteiger partial charge in [0.15, 0.2) is 0 Å². The molecular formula is C13H14N2OS. The molecule has 0 bridgehead atoms. The Morgan fingerprint density at radius 3 is 2.82 bits per heavy atom. The minimum absolute atomic E-state index is 0.0449. The molecule has 2 aromatic heterocycles. The molecule has 0 aliphatic heterocycles. The van der Waals surface area contributed by atoms with Crippen molar-refractivity contribution in [1.29, 1.82) is 0 Å². The van der Waals surface area contributed by atoms with E-state index < -0.39 is 0 Å². The van der Waals surface area contributed by atoms with Crippen LogP contribution in [0.4, 0.5) is 0 Å². The van der Waals surface area contributed by atoms with E-state index in [1.54, 1.807) is 35.9 Å². The number of nitrogens with one attached hydrogen (secondary N) is 1. The fourth-order valence-electron chi connectivity index (χ4n) is 1.59. The van der Waals surface area contributed by atoms with Gasteiger partial charge in [0, 0.05) is 35.3 Å². The molecule has 0 aliphatic rings. The summed E-state index contributed by atoms with van der Waals surface area (Å²) in [5.74, 6) is -0.0449. The van der Waals surface area contributed by atoms with E-state index >= 15 is 0 Å². The highest BCUT2D eigenvalue weighted by Crippen LogP contribution is 2.11. The maximum absolute atomic E-state index is 11.8. The molecule has 0 saturated carbocycles. The average Bonchev–Trinajstić information content (AvgIpc) is 2.82. The highest BCUT2D eigenvalue weighted by Gasteiger charge is 2.10. The zero-order chi connectivity index (χ0) is 12.1. The van der Waals surface area contributed by atoms with Crippen LogP contribution in [0.15, 0.2) is 42.0 Å². The molecule has 0 fully saturated rings. The molecule has 2 rings (SSSR count). The zero-order valence-electron chi connectivity index (χ0n) is 9.59. The highest BCUT2D eigenvalue weighted by molar-refractivity contribution is 7.09. The molecule has 0 aromatic carbocycles. The normalized spacial score (nSPS) is 12.1. The van der Waals surface area contributed by atoms with Gasteiger partial charge in [-0.25, -0.2) is 0 Å². The first kappa shape index (κ1) is 11.8. The quantitative estimate of drug-likeness (QED) is 0.900. The molecule has 2 aromatic rings. The summed E-state index contributed by atoms with van der Waals surface area (Å²) in [5, 5.41) is 5.02. The van der Waals surface area contributed by atoms with Gasteiger partial charge in [0.25, 0.3) is 5.91 Å². The Morgan fingerprint density at radius 2 is 2.18 bits per heavy atom. The number of aromatic nitrogens is 1. The molecule has 4 heteroatoms. The van der Waals surface area contributed by atoms with Gasteiger partial charge in [-0.05, 0) is 30.5 Å². The summed E-state index contributed by atoms with van der Waals surface area (Å²) >= 11 is 1.71. The van der Waals surface area contributed by atoms with Crippen LogP contribution in [-0.2, 0) is 6.42 Å². The van der Waals surface area contributed by atoms with Crippen molar-refractivity contribution >= 4 is 17.2 Å². The summed E-state index contributed by atoms with van der Waals surface area (Å²) in [4.78, 5) is 17.0. The fraction of sp³-hybridized carbons (Fsp3) is 0.231. The van der Waals surface area contributed by atoms with Crippen LogP contribution in [0, 0.1) is 0 Å². The predicted octanol–water partition coefficient (Wildman–Crippen LogP) is 2.50. The predicted molar refractivity (Wildman–Crippen MR) is 69.2 cm³/mol. The van der Waals surface area contributed by atoms with E-state index in [2.05, 4.69) is 16.4 Å². The minimum Gasteiger partial charge on any atom is -0.349 e. The first-order chi connectivity index (χ1) is 8.25. The smallest absolute Gasteiger partial charge is 0.251 e. The number of hydrogen-bond donors (Lipinski definition) is 1. The van der Waals surface area contributed by atoms with Crippen molar-refractivity contribution in [2.75, 3.05) is 0 Å². The lowest BCUT2D eigenvalue weighted by atomic mass is 10.2. The van der Waals surface area contributed by atoms with Crippen molar-refractivity contribution in [3.05, 3.63) is 52.5 Å². The Labute approximate surface area is 105 Å². The van der Waals surface area contributed by atoms with E-state index in [0.717, 1.165) is 6.42 Å². The maximum atomic E-state index is 11.8. The lowest BCUT2D eigenvalue weighted by molar-refractivity contribution is 0.0940. The highest BCUT2D eigenvalue weighted by atomic mass is 32.1. The second-order valence-corrected chi connectivity index (χ2v) is 4.93. The third-order valence-corrected chi connectivity index (χ3v) is 3.31. The van der Waals surface area contributed by atoms with Gasteiger partial charge in [0.1, 0.15) is 0 Å². The summed E-state index contributed by atoms with van der Waals surface area (Å²) < 4.78 is 0. The summed E-state index contributed by atoms with van der Waals surface area (Å²) in [6.45, 7) is 2.01. The Balaban J connectivity index is 1.91. The van der Waals surface area contributed by atoms with Gasteiger partial charge in [0.05, 0.1) is 0 Å². The number of carbonyl (C=O) groups is 1.